The summed E-state index contributed by atoms with van der Waals surface area (Å²) >= 11 is 0. The van der Waals surface area contributed by atoms with Gasteiger partial charge >= 0.3 is 0 Å². The number of nitrogens with zero attached hydrogens (tertiary/aromatic N) is 3. The Bertz CT molecular complexity index is 443. The number of hydrogen-bond donors (Lipinski definition) is 1. The number of piperazine rings is 1. The molecule has 0 amide bonds. The Labute approximate surface area is 112 Å². The standard InChI is InChI=1S/C13H19N3O3/c1-11(17)10-14-6-8-15(9-7-14)12-4-2-3-5-13(12)16(18)19/h2-5,11,17H,6-10H2,1H3. The number of aliphatic hydroxyl groups is 1. The molecule has 104 valence electrons. The maximum absolute atomic E-state index is 11.0. The normalized spacial score (nSPS) is 18.3. The van der Waals surface area contributed by atoms with Gasteiger partial charge in [0.2, 0.25) is 0 Å². The Hall–Kier alpha value is -1.66. The van der Waals surface area contributed by atoms with Gasteiger partial charge in [0.05, 0.1) is 11.0 Å². The van der Waals surface area contributed by atoms with Crippen molar-refractivity contribution in [1.82, 2.24) is 4.90 Å². The number of aliphatic hydroxyl groups excluding tert-OH is 1. The molecule has 1 aromatic carbocycles. The fraction of sp³-hybridized carbons (Fsp3) is 0.538. The van der Waals surface area contributed by atoms with Gasteiger partial charge in [-0.05, 0) is 13.0 Å². The summed E-state index contributed by atoms with van der Waals surface area (Å²) < 4.78 is 0. The fourth-order valence-corrected chi connectivity index (χ4v) is 2.43. The third-order valence-corrected chi connectivity index (χ3v) is 3.31. The summed E-state index contributed by atoms with van der Waals surface area (Å²) in [5.74, 6) is 0. The molecule has 0 bridgehead atoms. The van der Waals surface area contributed by atoms with Crippen molar-refractivity contribution in [2.75, 3.05) is 37.6 Å². The van der Waals surface area contributed by atoms with Crippen LogP contribution < -0.4 is 4.90 Å². The van der Waals surface area contributed by atoms with E-state index in [1.165, 1.54) is 6.07 Å². The lowest BCUT2D eigenvalue weighted by molar-refractivity contribution is -0.384. The summed E-state index contributed by atoms with van der Waals surface area (Å²) in [6.07, 6.45) is -0.336. The van der Waals surface area contributed by atoms with E-state index in [-0.39, 0.29) is 16.7 Å². The van der Waals surface area contributed by atoms with Crippen molar-refractivity contribution in [2.45, 2.75) is 13.0 Å². The van der Waals surface area contributed by atoms with Crippen LogP contribution in [-0.2, 0) is 0 Å². The first kappa shape index (κ1) is 13.8. The molecule has 1 atom stereocenters. The summed E-state index contributed by atoms with van der Waals surface area (Å²) in [5, 5.41) is 20.4. The summed E-state index contributed by atoms with van der Waals surface area (Å²) in [5.41, 5.74) is 0.843. The second-order valence-corrected chi connectivity index (χ2v) is 4.88. The van der Waals surface area contributed by atoms with E-state index in [0.717, 1.165) is 26.2 Å². The number of nitro groups is 1. The Balaban J connectivity index is 2.04. The van der Waals surface area contributed by atoms with Gasteiger partial charge in [-0.1, -0.05) is 12.1 Å². The Morgan fingerprint density at radius 1 is 1.32 bits per heavy atom. The molecule has 1 aromatic rings. The number of para-hydroxylation sites is 2. The molecular weight excluding hydrogens is 246 g/mol. The molecule has 6 nitrogen and oxygen atoms in total. The maximum Gasteiger partial charge on any atom is 0.292 e. The van der Waals surface area contributed by atoms with E-state index in [1.54, 1.807) is 19.1 Å². The third-order valence-electron chi connectivity index (χ3n) is 3.31. The van der Waals surface area contributed by atoms with Gasteiger partial charge < -0.3 is 10.0 Å². The first-order valence-electron chi connectivity index (χ1n) is 6.46. The lowest BCUT2D eigenvalue weighted by atomic mass is 10.2. The van der Waals surface area contributed by atoms with Gasteiger partial charge in [-0.25, -0.2) is 0 Å². The topological polar surface area (TPSA) is 69.8 Å². The van der Waals surface area contributed by atoms with E-state index in [2.05, 4.69) is 4.90 Å². The smallest absolute Gasteiger partial charge is 0.292 e. The van der Waals surface area contributed by atoms with Crippen molar-refractivity contribution in [1.29, 1.82) is 0 Å². The van der Waals surface area contributed by atoms with Crippen LogP contribution in [0.15, 0.2) is 24.3 Å². The molecule has 1 N–H and O–H groups in total. The van der Waals surface area contributed by atoms with Crippen LogP contribution in [0.5, 0.6) is 0 Å². The highest BCUT2D eigenvalue weighted by Crippen LogP contribution is 2.28. The number of rotatable bonds is 4. The average molecular weight is 265 g/mol. The molecule has 2 rings (SSSR count). The van der Waals surface area contributed by atoms with E-state index in [4.69, 9.17) is 0 Å². The number of benzene rings is 1. The molecule has 0 aromatic heterocycles. The molecule has 0 spiro atoms. The average Bonchev–Trinajstić information content (AvgIpc) is 2.39. The van der Waals surface area contributed by atoms with Crippen molar-refractivity contribution in [3.8, 4) is 0 Å². The van der Waals surface area contributed by atoms with Crippen molar-refractivity contribution in [3.05, 3.63) is 34.4 Å². The van der Waals surface area contributed by atoms with E-state index in [1.807, 2.05) is 11.0 Å². The van der Waals surface area contributed by atoms with Crippen molar-refractivity contribution >= 4 is 11.4 Å². The molecule has 1 aliphatic rings. The quantitative estimate of drug-likeness (QED) is 0.652. The predicted octanol–water partition coefficient (Wildman–Crippen LogP) is 1.10. The minimum absolute atomic E-state index is 0.159. The molecule has 1 aliphatic heterocycles. The highest BCUT2D eigenvalue weighted by molar-refractivity contribution is 5.63. The zero-order chi connectivity index (χ0) is 13.8. The summed E-state index contributed by atoms with van der Waals surface area (Å²) in [7, 11) is 0. The van der Waals surface area contributed by atoms with E-state index < -0.39 is 0 Å². The van der Waals surface area contributed by atoms with Crippen molar-refractivity contribution in [2.24, 2.45) is 0 Å². The number of hydrogen-bond acceptors (Lipinski definition) is 5. The van der Waals surface area contributed by atoms with Crippen LogP contribution in [0.25, 0.3) is 0 Å². The molecule has 0 saturated carbocycles. The minimum Gasteiger partial charge on any atom is -0.392 e. The van der Waals surface area contributed by atoms with Crippen LogP contribution in [0.4, 0.5) is 11.4 Å². The fourth-order valence-electron chi connectivity index (χ4n) is 2.43. The largest absolute Gasteiger partial charge is 0.392 e. The van der Waals surface area contributed by atoms with Crippen LogP contribution in [0.1, 0.15) is 6.92 Å². The first-order valence-corrected chi connectivity index (χ1v) is 6.46. The summed E-state index contributed by atoms with van der Waals surface area (Å²) in [6.45, 7) is 5.56. The lowest BCUT2D eigenvalue weighted by Gasteiger charge is -2.36. The molecule has 1 heterocycles. The molecule has 1 fully saturated rings. The molecule has 6 heteroatoms. The molecule has 1 unspecified atom stereocenters. The summed E-state index contributed by atoms with van der Waals surface area (Å²) in [4.78, 5) is 14.9. The zero-order valence-electron chi connectivity index (χ0n) is 11.0. The zero-order valence-corrected chi connectivity index (χ0v) is 11.0. The second kappa shape index (κ2) is 5.99. The van der Waals surface area contributed by atoms with Crippen LogP contribution in [0.3, 0.4) is 0 Å². The van der Waals surface area contributed by atoms with E-state index >= 15 is 0 Å². The van der Waals surface area contributed by atoms with Crippen molar-refractivity contribution < 1.29 is 10.0 Å². The van der Waals surface area contributed by atoms with Gasteiger partial charge in [-0.15, -0.1) is 0 Å². The van der Waals surface area contributed by atoms with Crippen LogP contribution >= 0.6 is 0 Å². The Kier molecular flexibility index (Phi) is 4.34. The highest BCUT2D eigenvalue weighted by atomic mass is 16.6. The number of anilines is 1. The molecule has 19 heavy (non-hydrogen) atoms. The van der Waals surface area contributed by atoms with Crippen LogP contribution in [-0.4, -0.2) is 53.8 Å². The minimum atomic E-state index is -0.336. The van der Waals surface area contributed by atoms with Gasteiger partial charge in [0, 0.05) is 38.8 Å². The predicted molar refractivity (Wildman–Crippen MR) is 73.4 cm³/mol. The van der Waals surface area contributed by atoms with Crippen LogP contribution in [0, 0.1) is 10.1 Å². The van der Waals surface area contributed by atoms with Gasteiger partial charge in [-0.3, -0.25) is 15.0 Å². The van der Waals surface area contributed by atoms with E-state index in [9.17, 15) is 15.2 Å². The van der Waals surface area contributed by atoms with Gasteiger partial charge in [0.25, 0.3) is 5.69 Å². The second-order valence-electron chi connectivity index (χ2n) is 4.88. The summed E-state index contributed by atoms with van der Waals surface area (Å²) in [6, 6.07) is 6.84. The molecule has 1 saturated heterocycles. The number of β-amino-alcohol motifs (C(OH)–C–C–N with tert-alkyl or cyclic N) is 1. The molecular formula is C13H19N3O3. The first-order chi connectivity index (χ1) is 9.08. The molecule has 0 radical (unpaired) electrons. The lowest BCUT2D eigenvalue weighted by Crippen LogP contribution is -2.48. The SMILES string of the molecule is CC(O)CN1CCN(c2ccccc2[N+](=O)[O-])CC1. The molecule has 0 aliphatic carbocycles. The maximum atomic E-state index is 11.0. The highest BCUT2D eigenvalue weighted by Gasteiger charge is 2.23. The van der Waals surface area contributed by atoms with Gasteiger partial charge in [0.15, 0.2) is 0 Å². The van der Waals surface area contributed by atoms with Gasteiger partial charge in [-0.2, -0.15) is 0 Å². The Morgan fingerprint density at radius 2 is 1.95 bits per heavy atom. The Morgan fingerprint density at radius 3 is 2.53 bits per heavy atom. The van der Waals surface area contributed by atoms with Crippen molar-refractivity contribution in [3.63, 3.8) is 0 Å². The van der Waals surface area contributed by atoms with E-state index in [0.29, 0.717) is 12.2 Å². The van der Waals surface area contributed by atoms with Gasteiger partial charge in [0.1, 0.15) is 5.69 Å². The number of nitro benzene ring substituents is 1. The van der Waals surface area contributed by atoms with Crippen LogP contribution in [0.2, 0.25) is 0 Å². The third kappa shape index (κ3) is 3.42. The monoisotopic (exact) mass is 265 g/mol.